The summed E-state index contributed by atoms with van der Waals surface area (Å²) in [5, 5.41) is 5.80. The van der Waals surface area contributed by atoms with Crippen molar-refractivity contribution in [3.8, 4) is 0 Å². The van der Waals surface area contributed by atoms with Gasteiger partial charge in [0, 0.05) is 11.1 Å². The summed E-state index contributed by atoms with van der Waals surface area (Å²) in [5.41, 5.74) is -0.144. The molecule has 1 heterocycles. The van der Waals surface area contributed by atoms with Crippen LogP contribution in [0.2, 0.25) is 10.0 Å². The predicted octanol–water partition coefficient (Wildman–Crippen LogP) is 2.86. The van der Waals surface area contributed by atoms with Gasteiger partial charge in [-0.3, -0.25) is 19.5 Å². The highest BCUT2D eigenvalue weighted by Gasteiger charge is 2.17. The molecule has 0 atom stereocenters. The third kappa shape index (κ3) is 4.34. The molecular weight excluding hydrogens is 379 g/mol. The van der Waals surface area contributed by atoms with Crippen molar-refractivity contribution in [1.82, 2.24) is 20.2 Å². The van der Waals surface area contributed by atoms with Crippen LogP contribution in [-0.2, 0) is 11.3 Å². The zero-order valence-electron chi connectivity index (χ0n) is 13.9. The van der Waals surface area contributed by atoms with Gasteiger partial charge in [0.15, 0.2) is 0 Å². The highest BCUT2D eigenvalue weighted by atomic mass is 35.5. The van der Waals surface area contributed by atoms with E-state index in [9.17, 15) is 14.4 Å². The number of aromatic nitrogens is 2. The van der Waals surface area contributed by atoms with E-state index in [0.717, 1.165) is 30.3 Å². The van der Waals surface area contributed by atoms with Gasteiger partial charge in [0.2, 0.25) is 5.91 Å². The second kappa shape index (κ2) is 8.05. The van der Waals surface area contributed by atoms with E-state index >= 15 is 0 Å². The molecule has 2 N–H and O–H groups in total. The number of fused-ring (bicyclic) bond motifs is 1. The van der Waals surface area contributed by atoms with Gasteiger partial charge >= 0.3 is 6.03 Å². The second-order valence-corrected chi connectivity index (χ2v) is 7.16. The van der Waals surface area contributed by atoms with Crippen LogP contribution in [-0.4, -0.2) is 27.5 Å². The Morgan fingerprint density at radius 3 is 2.65 bits per heavy atom. The number of nitrogens with zero attached hydrogens (tertiary/aromatic N) is 2. The van der Waals surface area contributed by atoms with Crippen molar-refractivity contribution in [2.45, 2.75) is 44.7 Å². The van der Waals surface area contributed by atoms with Gasteiger partial charge in [-0.25, -0.2) is 9.78 Å². The van der Waals surface area contributed by atoms with Gasteiger partial charge in [0.25, 0.3) is 5.56 Å². The largest absolute Gasteiger partial charge is 0.335 e. The Morgan fingerprint density at radius 1 is 1.19 bits per heavy atom. The van der Waals surface area contributed by atoms with E-state index < -0.39 is 17.5 Å². The summed E-state index contributed by atoms with van der Waals surface area (Å²) in [6, 6.07) is 2.48. The van der Waals surface area contributed by atoms with Crippen LogP contribution in [0.3, 0.4) is 0 Å². The highest BCUT2D eigenvalue weighted by Crippen LogP contribution is 2.23. The summed E-state index contributed by atoms with van der Waals surface area (Å²) in [4.78, 5) is 40.6. The van der Waals surface area contributed by atoms with Crippen LogP contribution in [0.4, 0.5) is 4.79 Å². The topological polar surface area (TPSA) is 93.1 Å². The minimum atomic E-state index is -0.602. The molecule has 138 valence electrons. The number of urea groups is 1. The maximum absolute atomic E-state index is 12.5. The third-order valence-electron chi connectivity index (χ3n) is 4.35. The molecule has 1 aliphatic carbocycles. The number of carbonyl (C=O) groups excluding carboxylic acids is 2. The summed E-state index contributed by atoms with van der Waals surface area (Å²) in [6.07, 6.45) is 6.37. The fourth-order valence-electron chi connectivity index (χ4n) is 3.10. The molecule has 1 saturated carbocycles. The molecule has 0 saturated heterocycles. The monoisotopic (exact) mass is 396 g/mol. The van der Waals surface area contributed by atoms with Crippen molar-refractivity contribution in [2.24, 2.45) is 0 Å². The van der Waals surface area contributed by atoms with Crippen LogP contribution in [0.5, 0.6) is 0 Å². The van der Waals surface area contributed by atoms with Crippen LogP contribution in [0.25, 0.3) is 10.9 Å². The van der Waals surface area contributed by atoms with E-state index in [-0.39, 0.29) is 23.0 Å². The second-order valence-electron chi connectivity index (χ2n) is 6.32. The molecule has 0 spiro atoms. The number of amides is 3. The van der Waals surface area contributed by atoms with Gasteiger partial charge in [0.1, 0.15) is 6.54 Å². The lowest BCUT2D eigenvalue weighted by atomic mass is 9.96. The smallest absolute Gasteiger partial charge is 0.321 e. The molecule has 7 nitrogen and oxygen atoms in total. The third-order valence-corrected chi connectivity index (χ3v) is 4.86. The SMILES string of the molecule is O=C(Cn1cnc2c(Cl)cc(Cl)cc2c1=O)NC(=O)NC1CCCCC1. The first-order valence-electron chi connectivity index (χ1n) is 8.38. The van der Waals surface area contributed by atoms with E-state index in [4.69, 9.17) is 23.2 Å². The summed E-state index contributed by atoms with van der Waals surface area (Å²) in [7, 11) is 0. The molecule has 2 aromatic rings. The molecule has 9 heteroatoms. The van der Waals surface area contributed by atoms with E-state index in [1.165, 1.54) is 24.9 Å². The zero-order chi connectivity index (χ0) is 18.7. The van der Waals surface area contributed by atoms with Gasteiger partial charge in [-0.1, -0.05) is 42.5 Å². The minimum Gasteiger partial charge on any atom is -0.335 e. The molecule has 0 radical (unpaired) electrons. The van der Waals surface area contributed by atoms with Gasteiger partial charge in [-0.15, -0.1) is 0 Å². The fourth-order valence-corrected chi connectivity index (χ4v) is 3.64. The number of nitrogens with one attached hydrogen (secondary N) is 2. The van der Waals surface area contributed by atoms with Crippen molar-refractivity contribution >= 4 is 46.0 Å². The van der Waals surface area contributed by atoms with Crippen LogP contribution in [0.15, 0.2) is 23.3 Å². The molecule has 26 heavy (non-hydrogen) atoms. The Morgan fingerprint density at radius 2 is 1.92 bits per heavy atom. The van der Waals surface area contributed by atoms with E-state index in [2.05, 4.69) is 15.6 Å². The molecule has 3 amide bonds. The first kappa shape index (κ1) is 18.7. The number of hydrogen-bond acceptors (Lipinski definition) is 4. The molecule has 1 aromatic carbocycles. The van der Waals surface area contributed by atoms with Gasteiger partial charge in [0.05, 0.1) is 22.3 Å². The average molecular weight is 397 g/mol. The zero-order valence-corrected chi connectivity index (χ0v) is 15.4. The maximum atomic E-state index is 12.5. The van der Waals surface area contributed by atoms with Gasteiger partial charge < -0.3 is 5.32 Å². The molecule has 1 aromatic heterocycles. The summed E-state index contributed by atoms with van der Waals surface area (Å²) < 4.78 is 1.11. The molecule has 0 bridgehead atoms. The standard InChI is InChI=1S/C17H18Cl2N4O3/c18-10-6-12-15(13(19)7-10)20-9-23(16(12)25)8-14(24)22-17(26)21-11-4-2-1-3-5-11/h6-7,9,11H,1-5,8H2,(H2,21,22,24,26). The van der Waals surface area contributed by atoms with Crippen molar-refractivity contribution in [1.29, 1.82) is 0 Å². The number of carbonyl (C=O) groups is 2. The van der Waals surface area contributed by atoms with Crippen molar-refractivity contribution in [3.63, 3.8) is 0 Å². The van der Waals surface area contributed by atoms with Crippen LogP contribution in [0.1, 0.15) is 32.1 Å². The molecule has 3 rings (SSSR count). The van der Waals surface area contributed by atoms with Crippen molar-refractivity contribution in [2.75, 3.05) is 0 Å². The normalized spacial score (nSPS) is 15.0. The van der Waals surface area contributed by atoms with E-state index in [0.29, 0.717) is 10.5 Å². The predicted molar refractivity (Wildman–Crippen MR) is 99.6 cm³/mol. The number of rotatable bonds is 3. The number of imide groups is 1. The Bertz CT molecular complexity index is 907. The molecule has 0 unspecified atom stereocenters. The molecule has 0 aliphatic heterocycles. The van der Waals surface area contributed by atoms with Crippen LogP contribution < -0.4 is 16.2 Å². The van der Waals surface area contributed by atoms with Crippen LogP contribution in [0, 0.1) is 0 Å². The molecule has 1 aliphatic rings. The summed E-state index contributed by atoms with van der Waals surface area (Å²) in [6.45, 7) is -0.329. The Kier molecular flexibility index (Phi) is 5.78. The molecular formula is C17H18Cl2N4O3. The lowest BCUT2D eigenvalue weighted by molar-refractivity contribution is -0.120. The van der Waals surface area contributed by atoms with Gasteiger partial charge in [-0.05, 0) is 25.0 Å². The first-order valence-corrected chi connectivity index (χ1v) is 9.14. The fraction of sp³-hybridized carbons (Fsp3) is 0.412. The van der Waals surface area contributed by atoms with Crippen molar-refractivity contribution in [3.05, 3.63) is 38.9 Å². The lowest BCUT2D eigenvalue weighted by Crippen LogP contribution is -2.46. The molecule has 1 fully saturated rings. The van der Waals surface area contributed by atoms with E-state index in [1.807, 2.05) is 0 Å². The minimum absolute atomic E-state index is 0.0888. The number of hydrogen-bond donors (Lipinski definition) is 2. The maximum Gasteiger partial charge on any atom is 0.321 e. The number of halogens is 2. The van der Waals surface area contributed by atoms with E-state index in [1.54, 1.807) is 0 Å². The van der Waals surface area contributed by atoms with Gasteiger partial charge in [-0.2, -0.15) is 0 Å². The average Bonchev–Trinajstić information content (AvgIpc) is 2.58. The Labute approximate surface area is 159 Å². The number of benzene rings is 1. The Hall–Kier alpha value is -2.12. The highest BCUT2D eigenvalue weighted by molar-refractivity contribution is 6.38. The summed E-state index contributed by atoms with van der Waals surface area (Å²) in [5.74, 6) is -0.602. The first-order chi connectivity index (χ1) is 12.4. The quantitative estimate of drug-likeness (QED) is 0.833. The summed E-state index contributed by atoms with van der Waals surface area (Å²) >= 11 is 11.9. The van der Waals surface area contributed by atoms with Crippen molar-refractivity contribution < 1.29 is 9.59 Å². The van der Waals surface area contributed by atoms with Crippen LogP contribution >= 0.6 is 23.2 Å². The Balaban J connectivity index is 1.68. The lowest BCUT2D eigenvalue weighted by Gasteiger charge is -2.22.